The van der Waals surface area contributed by atoms with E-state index >= 15 is 0 Å². The van der Waals surface area contributed by atoms with Gasteiger partial charge in [0.05, 0.1) is 41.1 Å². The second kappa shape index (κ2) is 13.4. The molecule has 212 valence electrons. The monoisotopic (exact) mass is 592 g/mol. The number of ketones is 1. The van der Waals surface area contributed by atoms with Gasteiger partial charge in [0, 0.05) is 12.0 Å². The third-order valence-electron chi connectivity index (χ3n) is 5.92. The van der Waals surface area contributed by atoms with Crippen molar-refractivity contribution in [2.45, 2.75) is 25.4 Å². The van der Waals surface area contributed by atoms with Crippen molar-refractivity contribution in [3.63, 3.8) is 0 Å². The van der Waals surface area contributed by atoms with E-state index in [1.807, 2.05) is 0 Å². The highest BCUT2D eigenvalue weighted by Crippen LogP contribution is 2.35. The fourth-order valence-electron chi connectivity index (χ4n) is 4.14. The lowest BCUT2D eigenvalue weighted by Gasteiger charge is -2.25. The molecule has 1 aliphatic heterocycles. The number of carbonyl (C=O) groups excluding carboxylic acids is 6. The first kappa shape index (κ1) is 30.5. The molecule has 3 rings (SSSR count). The number of ether oxygens (including phenoxy) is 1. The van der Waals surface area contributed by atoms with E-state index in [4.69, 9.17) is 27.9 Å². The van der Waals surface area contributed by atoms with Gasteiger partial charge >= 0.3 is 0 Å². The molecule has 0 aliphatic carbocycles. The Bertz CT molecular complexity index is 1330. The maximum atomic E-state index is 13.8. The number of nitrogens with zero attached hydrogens (tertiary/aromatic N) is 2. The Balaban J connectivity index is 1.98. The minimum absolute atomic E-state index is 0.00672. The lowest BCUT2D eigenvalue weighted by atomic mass is 10.1. The van der Waals surface area contributed by atoms with E-state index in [2.05, 4.69) is 10.6 Å². The third-order valence-corrected chi connectivity index (χ3v) is 6.48. The molecule has 2 aromatic carbocycles. The zero-order valence-electron chi connectivity index (χ0n) is 21.5. The number of carbonyl (C=O) groups is 6. The van der Waals surface area contributed by atoms with E-state index in [1.165, 1.54) is 38.3 Å². The summed E-state index contributed by atoms with van der Waals surface area (Å²) < 4.78 is 5.09. The molecule has 0 radical (unpaired) electrons. The molecule has 0 saturated carbocycles. The second-order valence-corrected chi connectivity index (χ2v) is 9.61. The Hall–Kier alpha value is -4.00. The fraction of sp³-hybridized carbons (Fsp3) is 0.308. The van der Waals surface area contributed by atoms with E-state index in [0.29, 0.717) is 6.29 Å². The SMILES string of the molecule is COc1c(Cl)cc(C(=O)N[C@H]2CN(C(=O)CO)c3ccccc3N(CC(=O)N[C@H](C=O)CC(C)=O)C2=O)cc1Cl. The molecule has 0 saturated heterocycles. The summed E-state index contributed by atoms with van der Waals surface area (Å²) in [6.07, 6.45) is 0.178. The first-order valence-electron chi connectivity index (χ1n) is 11.9. The third kappa shape index (κ3) is 6.95. The average Bonchev–Trinajstić information content (AvgIpc) is 3.02. The van der Waals surface area contributed by atoms with Crippen molar-refractivity contribution in [3.8, 4) is 5.75 Å². The molecule has 0 unspecified atom stereocenters. The van der Waals surface area contributed by atoms with Crippen molar-refractivity contribution in [3.05, 3.63) is 52.0 Å². The molecule has 1 aliphatic rings. The van der Waals surface area contributed by atoms with Crippen LogP contribution in [-0.4, -0.2) is 79.7 Å². The molecule has 40 heavy (non-hydrogen) atoms. The Morgan fingerprint density at radius 2 is 1.77 bits per heavy atom. The van der Waals surface area contributed by atoms with Gasteiger partial charge in [0.25, 0.3) is 17.7 Å². The van der Waals surface area contributed by atoms with Gasteiger partial charge < -0.3 is 30.2 Å². The van der Waals surface area contributed by atoms with E-state index in [-0.39, 0.29) is 51.5 Å². The normalized spacial score (nSPS) is 15.4. The van der Waals surface area contributed by atoms with Gasteiger partial charge in [0.15, 0.2) is 5.75 Å². The first-order valence-corrected chi connectivity index (χ1v) is 12.7. The second-order valence-electron chi connectivity index (χ2n) is 8.79. The molecule has 12 nitrogen and oxygen atoms in total. The summed E-state index contributed by atoms with van der Waals surface area (Å²) in [7, 11) is 1.35. The Kier molecular flexibility index (Phi) is 10.2. The molecule has 0 bridgehead atoms. The van der Waals surface area contributed by atoms with E-state index in [9.17, 15) is 33.9 Å². The number of rotatable bonds is 10. The van der Waals surface area contributed by atoms with Crippen LogP contribution in [0.25, 0.3) is 0 Å². The summed E-state index contributed by atoms with van der Waals surface area (Å²) in [5.41, 5.74) is 0.337. The van der Waals surface area contributed by atoms with Gasteiger partial charge in [-0.1, -0.05) is 35.3 Å². The lowest BCUT2D eigenvalue weighted by Crippen LogP contribution is -2.55. The van der Waals surface area contributed by atoms with Crippen molar-refractivity contribution < 1.29 is 38.6 Å². The molecule has 0 aromatic heterocycles. The maximum absolute atomic E-state index is 13.8. The van der Waals surface area contributed by atoms with Gasteiger partial charge in [-0.25, -0.2) is 0 Å². The zero-order valence-corrected chi connectivity index (χ0v) is 23.0. The van der Waals surface area contributed by atoms with Crippen LogP contribution in [0.5, 0.6) is 5.75 Å². The van der Waals surface area contributed by atoms with Crippen LogP contribution in [0.4, 0.5) is 11.4 Å². The van der Waals surface area contributed by atoms with Crippen LogP contribution in [0.2, 0.25) is 10.0 Å². The summed E-state index contributed by atoms with van der Waals surface area (Å²) >= 11 is 12.3. The van der Waals surface area contributed by atoms with E-state index in [1.54, 1.807) is 12.1 Å². The number of hydrogen-bond acceptors (Lipinski definition) is 8. The quantitative estimate of drug-likeness (QED) is 0.346. The standard InChI is InChI=1S/C26H26Cl2N4O8/c1-14(35)7-16(12-33)29-22(36)11-32-21-6-4-3-5-20(21)31(23(37)13-34)10-19(26(32)39)30-25(38)15-8-17(27)24(40-2)18(28)9-15/h3-6,8-9,12,16,19,34H,7,10-11,13H2,1-2H3,(H,29,36)(H,30,38)/t16-,19-/m0/s1. The Morgan fingerprint density at radius 1 is 1.15 bits per heavy atom. The van der Waals surface area contributed by atoms with Crippen LogP contribution in [-0.2, 0) is 24.0 Å². The van der Waals surface area contributed by atoms with Gasteiger partial charge in [-0.3, -0.25) is 28.9 Å². The number of para-hydroxylation sites is 2. The minimum atomic E-state index is -1.39. The number of methoxy groups -OCH3 is 1. The predicted molar refractivity (Wildman–Crippen MR) is 146 cm³/mol. The first-order chi connectivity index (χ1) is 19.0. The number of aliphatic hydroxyl groups is 1. The van der Waals surface area contributed by atoms with Crippen molar-refractivity contribution in [1.82, 2.24) is 10.6 Å². The summed E-state index contributed by atoms with van der Waals surface area (Å²) in [4.78, 5) is 77.4. The van der Waals surface area contributed by atoms with Gasteiger partial charge in [0.1, 0.15) is 31.3 Å². The fourth-order valence-corrected chi connectivity index (χ4v) is 4.79. The van der Waals surface area contributed by atoms with E-state index in [0.717, 1.165) is 9.80 Å². The largest absolute Gasteiger partial charge is 0.494 e. The van der Waals surface area contributed by atoms with Crippen LogP contribution in [0.3, 0.4) is 0 Å². The summed E-state index contributed by atoms with van der Waals surface area (Å²) in [6, 6.07) is 6.24. The zero-order chi connectivity index (χ0) is 29.6. The molecular formula is C26H26Cl2N4O8. The Morgan fingerprint density at radius 3 is 2.33 bits per heavy atom. The number of aliphatic hydroxyl groups excluding tert-OH is 1. The van der Waals surface area contributed by atoms with Gasteiger partial charge in [-0.05, 0) is 31.2 Å². The molecule has 1 heterocycles. The molecule has 2 aromatic rings. The van der Waals surface area contributed by atoms with E-state index < -0.39 is 48.9 Å². The van der Waals surface area contributed by atoms with Crippen LogP contribution < -0.4 is 25.2 Å². The molecule has 0 fully saturated rings. The molecule has 14 heteroatoms. The van der Waals surface area contributed by atoms with Crippen LogP contribution in [0.1, 0.15) is 23.7 Å². The highest BCUT2D eigenvalue weighted by atomic mass is 35.5. The summed E-state index contributed by atoms with van der Waals surface area (Å²) in [6.45, 7) is -0.607. The number of amides is 4. The Labute approximate surface area is 239 Å². The molecule has 3 N–H and O–H groups in total. The number of anilines is 2. The number of nitrogens with one attached hydrogen (secondary N) is 2. The minimum Gasteiger partial charge on any atom is -0.494 e. The number of halogens is 2. The smallest absolute Gasteiger partial charge is 0.252 e. The number of Topliss-reactive ketones (excluding diaryl/α,β-unsaturated/α-hetero) is 1. The van der Waals surface area contributed by atoms with Crippen molar-refractivity contribution in [1.29, 1.82) is 0 Å². The molecule has 2 atom stereocenters. The topological polar surface area (TPSA) is 162 Å². The van der Waals surface area contributed by atoms with Gasteiger partial charge in [-0.15, -0.1) is 0 Å². The molecule has 0 spiro atoms. The van der Waals surface area contributed by atoms with Crippen LogP contribution in [0.15, 0.2) is 36.4 Å². The molecule has 4 amide bonds. The van der Waals surface area contributed by atoms with Gasteiger partial charge in [-0.2, -0.15) is 0 Å². The highest BCUT2D eigenvalue weighted by molar-refractivity contribution is 6.37. The number of hydrogen-bond donors (Lipinski definition) is 3. The number of benzene rings is 2. The van der Waals surface area contributed by atoms with Gasteiger partial charge in [0.2, 0.25) is 5.91 Å². The number of fused-ring (bicyclic) bond motifs is 1. The highest BCUT2D eigenvalue weighted by Gasteiger charge is 2.38. The van der Waals surface area contributed by atoms with Crippen LogP contribution >= 0.6 is 23.2 Å². The molecular weight excluding hydrogens is 567 g/mol. The van der Waals surface area contributed by atoms with Crippen LogP contribution in [0, 0.1) is 0 Å². The summed E-state index contributed by atoms with van der Waals surface area (Å²) in [5, 5.41) is 14.6. The lowest BCUT2D eigenvalue weighted by molar-refractivity contribution is -0.127. The number of aldehydes is 1. The average molecular weight is 593 g/mol. The van der Waals surface area contributed by atoms with Crippen molar-refractivity contribution in [2.75, 3.05) is 36.6 Å². The van der Waals surface area contributed by atoms with Crippen molar-refractivity contribution >= 4 is 70.3 Å². The maximum Gasteiger partial charge on any atom is 0.252 e. The predicted octanol–water partition coefficient (Wildman–Crippen LogP) is 1.14. The summed E-state index contributed by atoms with van der Waals surface area (Å²) in [5.74, 6) is -3.22. The van der Waals surface area contributed by atoms with Crippen molar-refractivity contribution in [2.24, 2.45) is 0 Å².